The van der Waals surface area contributed by atoms with Gasteiger partial charge in [-0.25, -0.2) is 15.0 Å². The van der Waals surface area contributed by atoms with Gasteiger partial charge in [-0.15, -0.1) is 0 Å². The third-order valence-electron chi connectivity index (χ3n) is 4.98. The Labute approximate surface area is 166 Å². The molecule has 12 heteroatoms. The molecule has 1 unspecified atom stereocenters. The molecule has 0 radical (unpaired) electrons. The van der Waals surface area contributed by atoms with E-state index in [1.807, 2.05) is 0 Å². The number of halogens is 5. The van der Waals surface area contributed by atoms with Gasteiger partial charge < -0.3 is 5.73 Å². The molecular weight excluding hydrogens is 411 g/mol. The van der Waals surface area contributed by atoms with Crippen LogP contribution in [0.5, 0.6) is 0 Å². The van der Waals surface area contributed by atoms with Gasteiger partial charge in [-0.1, -0.05) is 0 Å². The second kappa shape index (κ2) is 6.89. The molecule has 1 saturated heterocycles. The molecule has 0 spiro atoms. The number of carbonyl (C=O) groups excluding carboxylic acids is 1. The summed E-state index contributed by atoms with van der Waals surface area (Å²) in [6.45, 7) is -0.0708. The number of anilines is 1. The topological polar surface area (TPSA) is 89.4 Å². The molecule has 1 fully saturated rings. The van der Waals surface area contributed by atoms with Gasteiger partial charge in [0.15, 0.2) is 5.82 Å². The van der Waals surface area contributed by atoms with Gasteiger partial charge in [0, 0.05) is 18.9 Å². The first-order chi connectivity index (χ1) is 14.1. The van der Waals surface area contributed by atoms with Crippen LogP contribution in [0.4, 0.5) is 27.8 Å². The van der Waals surface area contributed by atoms with Gasteiger partial charge >= 0.3 is 12.2 Å². The highest BCUT2D eigenvalue weighted by atomic mass is 19.4. The number of rotatable bonds is 3. The lowest BCUT2D eigenvalue weighted by atomic mass is 9.94. The van der Waals surface area contributed by atoms with Crippen LogP contribution in [0.1, 0.15) is 18.4 Å². The zero-order chi connectivity index (χ0) is 21.7. The van der Waals surface area contributed by atoms with Crippen molar-refractivity contribution in [2.45, 2.75) is 25.1 Å². The van der Waals surface area contributed by atoms with Crippen molar-refractivity contribution in [1.82, 2.24) is 19.4 Å². The number of nitrogens with two attached hydrogens (primary N) is 1. The number of primary amides is 1. The molecule has 158 valence electrons. The summed E-state index contributed by atoms with van der Waals surface area (Å²) in [5.74, 6) is -3.04. The molecule has 1 aliphatic rings. The minimum atomic E-state index is -4.57. The van der Waals surface area contributed by atoms with Crippen molar-refractivity contribution in [3.8, 4) is 11.5 Å². The molecule has 0 saturated carbocycles. The third-order valence-corrected chi connectivity index (χ3v) is 4.98. The minimum absolute atomic E-state index is 0.0513. The second-order valence-electron chi connectivity index (χ2n) is 6.86. The lowest BCUT2D eigenvalue weighted by molar-refractivity contribution is -0.140. The Morgan fingerprint density at radius 2 is 1.97 bits per heavy atom. The molecule has 0 aromatic carbocycles. The van der Waals surface area contributed by atoms with Crippen LogP contribution in [0.3, 0.4) is 0 Å². The van der Waals surface area contributed by atoms with Crippen molar-refractivity contribution in [2.24, 2.45) is 11.7 Å². The number of piperidine rings is 1. The number of imidazole rings is 1. The van der Waals surface area contributed by atoms with Crippen LogP contribution in [0.25, 0.3) is 17.2 Å². The molecule has 1 aliphatic heterocycles. The first-order valence-corrected chi connectivity index (χ1v) is 8.91. The molecule has 0 bridgehead atoms. The molecule has 7 nitrogen and oxygen atoms in total. The van der Waals surface area contributed by atoms with E-state index in [0.29, 0.717) is 11.3 Å². The maximum atomic E-state index is 14.8. The van der Waals surface area contributed by atoms with Gasteiger partial charge in [-0.2, -0.15) is 22.0 Å². The Morgan fingerprint density at radius 3 is 2.67 bits per heavy atom. The number of nitrogens with zero attached hydrogens (tertiary/aromatic N) is 5. The summed E-state index contributed by atoms with van der Waals surface area (Å²) in [4.78, 5) is 24.2. The second-order valence-corrected chi connectivity index (χ2v) is 6.86. The molecule has 2 N–H and O–H groups in total. The summed E-state index contributed by atoms with van der Waals surface area (Å²) in [5, 5.41) is 0. The van der Waals surface area contributed by atoms with Crippen LogP contribution >= 0.6 is 0 Å². The Kier molecular flexibility index (Phi) is 4.59. The standard InChI is InChI=1S/C18H15F5N6O/c19-17(20,21)10-3-4-13-26-8-12(28(13)9-10)16-25-6-5-14(27-16)29-7-1-2-11(15(24)30)18(29,22)23/h3-6,8-9,11H,1-2,7H2,(H2,24,30). The van der Waals surface area contributed by atoms with E-state index in [9.17, 15) is 26.7 Å². The van der Waals surface area contributed by atoms with Crippen LogP contribution in [-0.4, -0.2) is 37.9 Å². The van der Waals surface area contributed by atoms with Gasteiger partial charge in [0.05, 0.1) is 11.8 Å². The van der Waals surface area contributed by atoms with Gasteiger partial charge in [0.25, 0.3) is 0 Å². The Bertz CT molecular complexity index is 1110. The normalized spacial score (nSPS) is 19.2. The Hall–Kier alpha value is -3.31. The summed E-state index contributed by atoms with van der Waals surface area (Å²) >= 11 is 0. The fourth-order valence-electron chi connectivity index (χ4n) is 3.48. The molecule has 1 amide bonds. The van der Waals surface area contributed by atoms with E-state index < -0.39 is 29.6 Å². The number of alkyl halides is 5. The lowest BCUT2D eigenvalue weighted by Gasteiger charge is -2.40. The fraction of sp³-hybridized carbons (Fsp3) is 0.333. The number of fused-ring (bicyclic) bond motifs is 1. The first-order valence-electron chi connectivity index (χ1n) is 8.91. The van der Waals surface area contributed by atoms with Crippen molar-refractivity contribution < 1.29 is 26.7 Å². The van der Waals surface area contributed by atoms with Gasteiger partial charge in [-0.05, 0) is 31.0 Å². The monoisotopic (exact) mass is 426 g/mol. The number of amides is 1. The van der Waals surface area contributed by atoms with Crippen molar-refractivity contribution in [3.63, 3.8) is 0 Å². The average Bonchev–Trinajstić information content (AvgIpc) is 3.10. The maximum absolute atomic E-state index is 14.8. The molecule has 3 aromatic rings. The van der Waals surface area contributed by atoms with Crippen LogP contribution in [-0.2, 0) is 11.0 Å². The van der Waals surface area contributed by atoms with Crippen molar-refractivity contribution in [3.05, 3.63) is 42.4 Å². The zero-order valence-electron chi connectivity index (χ0n) is 15.3. The predicted molar refractivity (Wildman–Crippen MR) is 95.4 cm³/mol. The van der Waals surface area contributed by atoms with E-state index in [1.54, 1.807) is 0 Å². The molecule has 4 heterocycles. The van der Waals surface area contributed by atoms with E-state index in [4.69, 9.17) is 5.73 Å². The lowest BCUT2D eigenvalue weighted by Crippen LogP contribution is -2.55. The molecule has 3 aromatic heterocycles. The number of pyridine rings is 1. The number of carbonyl (C=O) groups is 1. The highest BCUT2D eigenvalue weighted by Gasteiger charge is 2.51. The SMILES string of the molecule is NC(=O)C1CCCN(c2ccnc(-c3cnc4ccc(C(F)(F)F)cn34)n2)C1(F)F. The van der Waals surface area contributed by atoms with Crippen LogP contribution in [0.2, 0.25) is 0 Å². The van der Waals surface area contributed by atoms with Crippen LogP contribution < -0.4 is 10.6 Å². The van der Waals surface area contributed by atoms with Crippen LogP contribution in [0.15, 0.2) is 36.8 Å². The van der Waals surface area contributed by atoms with Crippen molar-refractivity contribution >= 4 is 17.4 Å². The number of hydrogen-bond donors (Lipinski definition) is 1. The van der Waals surface area contributed by atoms with Gasteiger partial charge in [-0.3, -0.25) is 14.1 Å². The zero-order valence-corrected chi connectivity index (χ0v) is 15.3. The van der Waals surface area contributed by atoms with E-state index >= 15 is 0 Å². The molecule has 1 atom stereocenters. The molecular formula is C18H15F5N6O. The Balaban J connectivity index is 1.77. The smallest absolute Gasteiger partial charge is 0.369 e. The Morgan fingerprint density at radius 1 is 1.20 bits per heavy atom. The quantitative estimate of drug-likeness (QED) is 0.514. The summed E-state index contributed by atoms with van der Waals surface area (Å²) in [6.07, 6.45) is -1.01. The van der Waals surface area contributed by atoms with Crippen molar-refractivity contribution in [2.75, 3.05) is 11.4 Å². The van der Waals surface area contributed by atoms with Gasteiger partial charge in [0.2, 0.25) is 5.91 Å². The van der Waals surface area contributed by atoms with Crippen molar-refractivity contribution in [1.29, 1.82) is 0 Å². The average molecular weight is 426 g/mol. The van der Waals surface area contributed by atoms with E-state index in [0.717, 1.165) is 16.7 Å². The summed E-state index contributed by atoms with van der Waals surface area (Å²) in [7, 11) is 0. The minimum Gasteiger partial charge on any atom is -0.369 e. The van der Waals surface area contributed by atoms with E-state index in [2.05, 4.69) is 15.0 Å². The summed E-state index contributed by atoms with van der Waals surface area (Å²) in [6, 6.07) is -0.238. The largest absolute Gasteiger partial charge is 0.417 e. The van der Waals surface area contributed by atoms with E-state index in [1.165, 1.54) is 24.5 Å². The molecule has 4 rings (SSSR count). The first kappa shape index (κ1) is 20.0. The highest BCUT2D eigenvalue weighted by Crippen LogP contribution is 2.39. The molecule has 0 aliphatic carbocycles. The van der Waals surface area contributed by atoms with E-state index in [-0.39, 0.29) is 35.9 Å². The van der Waals surface area contributed by atoms with Gasteiger partial charge in [0.1, 0.15) is 23.1 Å². The fourth-order valence-corrected chi connectivity index (χ4v) is 3.48. The molecule has 30 heavy (non-hydrogen) atoms. The summed E-state index contributed by atoms with van der Waals surface area (Å²) < 4.78 is 69.9. The predicted octanol–water partition coefficient (Wildman–Crippen LogP) is 3.10. The highest BCUT2D eigenvalue weighted by molar-refractivity contribution is 5.78. The third kappa shape index (κ3) is 3.31. The number of aromatic nitrogens is 4. The van der Waals surface area contributed by atoms with Crippen LogP contribution in [0, 0.1) is 5.92 Å². The number of hydrogen-bond acceptors (Lipinski definition) is 5. The summed E-state index contributed by atoms with van der Waals surface area (Å²) in [5.41, 5.74) is 4.53. The maximum Gasteiger partial charge on any atom is 0.417 e.